The van der Waals surface area contributed by atoms with E-state index in [1.807, 2.05) is 6.33 Å². The number of anilines is 1. The molecule has 0 saturated carbocycles. The molecule has 3 heteroatoms. The number of fused-ring (bicyclic) bond motifs is 1. The molecule has 0 spiro atoms. The minimum atomic E-state index is 0.835. The van der Waals surface area contributed by atoms with Gasteiger partial charge in [-0.15, -0.1) is 0 Å². The van der Waals surface area contributed by atoms with Crippen molar-refractivity contribution in [3.63, 3.8) is 0 Å². The zero-order valence-corrected chi connectivity index (χ0v) is 12.6. The number of hydrogen-bond donors (Lipinski definition) is 1. The molecule has 3 rings (SSSR count). The first-order valence-electron chi connectivity index (χ1n) is 7.50. The molecule has 0 saturated heterocycles. The first kappa shape index (κ1) is 13.7. The standard InChI is InChI=1S/C18H21N3/c1-3-10-21-13-20-17-11-16(8-9-18(17)21)19-12-15-6-4-14(2)5-7-15/h4-9,11,13,19H,3,10,12H2,1-2H3. The highest BCUT2D eigenvalue weighted by molar-refractivity contribution is 5.79. The van der Waals surface area contributed by atoms with Crippen LogP contribution in [0, 0.1) is 6.92 Å². The maximum Gasteiger partial charge on any atom is 0.0958 e. The van der Waals surface area contributed by atoms with Crippen LogP contribution in [0.5, 0.6) is 0 Å². The van der Waals surface area contributed by atoms with E-state index in [4.69, 9.17) is 0 Å². The first-order valence-corrected chi connectivity index (χ1v) is 7.50. The Labute approximate surface area is 125 Å². The van der Waals surface area contributed by atoms with Crippen LogP contribution >= 0.6 is 0 Å². The fourth-order valence-corrected chi connectivity index (χ4v) is 2.50. The van der Waals surface area contributed by atoms with E-state index in [9.17, 15) is 0 Å². The van der Waals surface area contributed by atoms with E-state index in [0.717, 1.165) is 30.7 Å². The minimum absolute atomic E-state index is 0.835. The van der Waals surface area contributed by atoms with Gasteiger partial charge in [-0.25, -0.2) is 4.98 Å². The van der Waals surface area contributed by atoms with Crippen LogP contribution in [0.25, 0.3) is 11.0 Å². The summed E-state index contributed by atoms with van der Waals surface area (Å²) in [6.07, 6.45) is 3.05. The van der Waals surface area contributed by atoms with E-state index in [1.54, 1.807) is 0 Å². The van der Waals surface area contributed by atoms with Gasteiger partial charge in [0, 0.05) is 18.8 Å². The zero-order valence-electron chi connectivity index (χ0n) is 12.6. The Balaban J connectivity index is 1.74. The lowest BCUT2D eigenvalue weighted by atomic mass is 10.1. The van der Waals surface area contributed by atoms with Crippen molar-refractivity contribution >= 4 is 16.7 Å². The van der Waals surface area contributed by atoms with Crippen LogP contribution in [0.3, 0.4) is 0 Å². The van der Waals surface area contributed by atoms with E-state index in [1.165, 1.54) is 16.6 Å². The van der Waals surface area contributed by atoms with Gasteiger partial charge in [0.05, 0.1) is 17.4 Å². The highest BCUT2D eigenvalue weighted by Gasteiger charge is 2.03. The van der Waals surface area contributed by atoms with Gasteiger partial charge < -0.3 is 9.88 Å². The predicted molar refractivity (Wildman–Crippen MR) is 88.5 cm³/mol. The summed E-state index contributed by atoms with van der Waals surface area (Å²) < 4.78 is 2.21. The van der Waals surface area contributed by atoms with Crippen LogP contribution in [-0.2, 0) is 13.1 Å². The monoisotopic (exact) mass is 279 g/mol. The molecule has 0 atom stereocenters. The summed E-state index contributed by atoms with van der Waals surface area (Å²) in [6, 6.07) is 15.0. The molecule has 0 unspecified atom stereocenters. The number of nitrogens with one attached hydrogen (secondary N) is 1. The molecular formula is C18H21N3. The second kappa shape index (κ2) is 6.00. The molecule has 1 heterocycles. The van der Waals surface area contributed by atoms with Crippen LogP contribution < -0.4 is 5.32 Å². The van der Waals surface area contributed by atoms with Gasteiger partial charge in [0.2, 0.25) is 0 Å². The molecule has 1 aromatic heterocycles. The Kier molecular flexibility index (Phi) is 3.91. The van der Waals surface area contributed by atoms with E-state index < -0.39 is 0 Å². The van der Waals surface area contributed by atoms with Gasteiger partial charge in [0.15, 0.2) is 0 Å². The molecule has 3 aromatic rings. The lowest BCUT2D eigenvalue weighted by Crippen LogP contribution is -1.99. The Bertz CT molecular complexity index is 726. The molecule has 2 aromatic carbocycles. The number of hydrogen-bond acceptors (Lipinski definition) is 2. The average Bonchev–Trinajstić information content (AvgIpc) is 2.90. The van der Waals surface area contributed by atoms with E-state index in [0.29, 0.717) is 0 Å². The first-order chi connectivity index (χ1) is 10.3. The van der Waals surface area contributed by atoms with Crippen LogP contribution in [0.2, 0.25) is 0 Å². The third kappa shape index (κ3) is 3.07. The Morgan fingerprint density at radius 1 is 1.10 bits per heavy atom. The van der Waals surface area contributed by atoms with Crippen LogP contribution in [0.1, 0.15) is 24.5 Å². The Morgan fingerprint density at radius 3 is 2.67 bits per heavy atom. The zero-order chi connectivity index (χ0) is 14.7. The second-order valence-electron chi connectivity index (χ2n) is 5.48. The number of nitrogens with zero attached hydrogens (tertiary/aromatic N) is 2. The SMILES string of the molecule is CCCn1cnc2cc(NCc3ccc(C)cc3)ccc21. The van der Waals surface area contributed by atoms with Crippen molar-refractivity contribution < 1.29 is 0 Å². The molecule has 0 aliphatic carbocycles. The molecular weight excluding hydrogens is 258 g/mol. The molecule has 0 aliphatic rings. The summed E-state index contributed by atoms with van der Waals surface area (Å²) in [4.78, 5) is 4.49. The third-order valence-corrected chi connectivity index (χ3v) is 3.70. The summed E-state index contributed by atoms with van der Waals surface area (Å²) in [7, 11) is 0. The van der Waals surface area contributed by atoms with Gasteiger partial charge in [0.1, 0.15) is 0 Å². The van der Waals surface area contributed by atoms with E-state index >= 15 is 0 Å². The summed E-state index contributed by atoms with van der Waals surface area (Å²) in [5, 5.41) is 3.46. The molecule has 0 amide bonds. The van der Waals surface area contributed by atoms with Gasteiger partial charge in [-0.05, 0) is 37.1 Å². The number of benzene rings is 2. The lowest BCUT2D eigenvalue weighted by Gasteiger charge is -2.07. The highest BCUT2D eigenvalue weighted by Crippen LogP contribution is 2.19. The van der Waals surface area contributed by atoms with Crippen molar-refractivity contribution in [1.82, 2.24) is 9.55 Å². The largest absolute Gasteiger partial charge is 0.381 e. The number of aryl methyl sites for hydroxylation is 2. The second-order valence-corrected chi connectivity index (χ2v) is 5.48. The van der Waals surface area contributed by atoms with Gasteiger partial charge >= 0.3 is 0 Å². The van der Waals surface area contributed by atoms with Gasteiger partial charge in [-0.1, -0.05) is 36.8 Å². The Hall–Kier alpha value is -2.29. The molecule has 0 radical (unpaired) electrons. The van der Waals surface area contributed by atoms with Crippen molar-refractivity contribution in [3.8, 4) is 0 Å². The minimum Gasteiger partial charge on any atom is -0.381 e. The van der Waals surface area contributed by atoms with Crippen molar-refractivity contribution in [2.45, 2.75) is 33.4 Å². The molecule has 0 bridgehead atoms. The summed E-state index contributed by atoms with van der Waals surface area (Å²) in [5.41, 5.74) is 5.96. The molecule has 108 valence electrons. The van der Waals surface area contributed by atoms with E-state index in [2.05, 4.69) is 71.2 Å². The Morgan fingerprint density at radius 2 is 1.90 bits per heavy atom. The van der Waals surface area contributed by atoms with Crippen LogP contribution in [0.15, 0.2) is 48.8 Å². The van der Waals surface area contributed by atoms with Crippen LogP contribution in [-0.4, -0.2) is 9.55 Å². The van der Waals surface area contributed by atoms with Gasteiger partial charge in [0.25, 0.3) is 0 Å². The van der Waals surface area contributed by atoms with E-state index in [-0.39, 0.29) is 0 Å². The number of aromatic nitrogens is 2. The quantitative estimate of drug-likeness (QED) is 0.751. The number of rotatable bonds is 5. The predicted octanol–water partition coefficient (Wildman–Crippen LogP) is 4.37. The third-order valence-electron chi connectivity index (χ3n) is 3.70. The molecule has 0 fully saturated rings. The van der Waals surface area contributed by atoms with Crippen molar-refractivity contribution in [2.75, 3.05) is 5.32 Å². The lowest BCUT2D eigenvalue weighted by molar-refractivity contribution is 0.697. The van der Waals surface area contributed by atoms with Crippen molar-refractivity contribution in [3.05, 3.63) is 59.9 Å². The topological polar surface area (TPSA) is 29.9 Å². The molecule has 1 N–H and O–H groups in total. The van der Waals surface area contributed by atoms with Crippen molar-refractivity contribution in [2.24, 2.45) is 0 Å². The fourth-order valence-electron chi connectivity index (χ4n) is 2.50. The molecule has 21 heavy (non-hydrogen) atoms. The summed E-state index contributed by atoms with van der Waals surface area (Å²) >= 11 is 0. The van der Waals surface area contributed by atoms with Crippen LogP contribution in [0.4, 0.5) is 5.69 Å². The number of imidazole rings is 1. The summed E-state index contributed by atoms with van der Waals surface area (Å²) in [5.74, 6) is 0. The fraction of sp³-hybridized carbons (Fsp3) is 0.278. The normalized spacial score (nSPS) is 11.0. The van der Waals surface area contributed by atoms with Gasteiger partial charge in [-0.2, -0.15) is 0 Å². The maximum atomic E-state index is 4.49. The molecule has 3 nitrogen and oxygen atoms in total. The van der Waals surface area contributed by atoms with Gasteiger partial charge in [-0.3, -0.25) is 0 Å². The molecule has 0 aliphatic heterocycles. The smallest absolute Gasteiger partial charge is 0.0958 e. The highest BCUT2D eigenvalue weighted by atomic mass is 15.0. The summed E-state index contributed by atoms with van der Waals surface area (Å²) in [6.45, 7) is 6.15. The average molecular weight is 279 g/mol. The van der Waals surface area contributed by atoms with Crippen molar-refractivity contribution in [1.29, 1.82) is 0 Å². The maximum absolute atomic E-state index is 4.49.